The molecule has 7 heteroatoms. The number of halogens is 3. The largest absolute Gasteiger partial charge is 0.573 e. The molecule has 0 radical (unpaired) electrons. The summed E-state index contributed by atoms with van der Waals surface area (Å²) < 4.78 is 39.9. The van der Waals surface area contributed by atoms with Gasteiger partial charge < -0.3 is 15.0 Å². The Morgan fingerprint density at radius 1 is 1.14 bits per heavy atom. The summed E-state index contributed by atoms with van der Waals surface area (Å²) in [5, 5.41) is 2.67. The molecule has 22 heavy (non-hydrogen) atoms. The molecular weight excluding hydrogens is 297 g/mol. The van der Waals surface area contributed by atoms with Gasteiger partial charge in [0, 0.05) is 18.7 Å². The molecule has 0 spiro atoms. The van der Waals surface area contributed by atoms with Gasteiger partial charge in [0.2, 0.25) is 5.91 Å². The number of carbonyl (C=O) groups is 1. The molecule has 1 amide bonds. The molecule has 1 saturated heterocycles. The van der Waals surface area contributed by atoms with E-state index in [9.17, 15) is 18.0 Å². The lowest BCUT2D eigenvalue weighted by molar-refractivity contribution is -0.274. The van der Waals surface area contributed by atoms with Crippen LogP contribution in [-0.4, -0.2) is 36.8 Å². The molecule has 0 bridgehead atoms. The van der Waals surface area contributed by atoms with Crippen molar-refractivity contribution in [2.45, 2.75) is 32.0 Å². The van der Waals surface area contributed by atoms with Crippen molar-refractivity contribution in [3.05, 3.63) is 24.3 Å². The van der Waals surface area contributed by atoms with Crippen molar-refractivity contribution in [1.82, 2.24) is 4.90 Å². The number of nitrogens with one attached hydrogen (secondary N) is 1. The number of amides is 1. The summed E-state index contributed by atoms with van der Waals surface area (Å²) in [5.74, 6) is -0.450. The van der Waals surface area contributed by atoms with E-state index in [1.54, 1.807) is 0 Å². The molecule has 1 N–H and O–H groups in total. The van der Waals surface area contributed by atoms with Gasteiger partial charge in [0.25, 0.3) is 0 Å². The second-order valence-electron chi connectivity index (χ2n) is 5.27. The predicted octanol–water partition coefficient (Wildman–Crippen LogP) is 3.40. The molecule has 1 aliphatic rings. The van der Waals surface area contributed by atoms with Crippen LogP contribution in [0.4, 0.5) is 18.9 Å². The average Bonchev–Trinajstić information content (AvgIpc) is 2.47. The number of alkyl halides is 3. The third-order valence-corrected chi connectivity index (χ3v) is 3.48. The van der Waals surface area contributed by atoms with Gasteiger partial charge in [-0.05, 0) is 50.2 Å². The topological polar surface area (TPSA) is 41.6 Å². The third kappa shape index (κ3) is 5.93. The zero-order valence-corrected chi connectivity index (χ0v) is 12.2. The molecule has 1 heterocycles. The van der Waals surface area contributed by atoms with Crippen molar-refractivity contribution in [1.29, 1.82) is 0 Å². The molecule has 1 fully saturated rings. The maximum absolute atomic E-state index is 12.0. The highest BCUT2D eigenvalue weighted by atomic mass is 19.4. The van der Waals surface area contributed by atoms with Crippen molar-refractivity contribution < 1.29 is 22.7 Å². The van der Waals surface area contributed by atoms with Gasteiger partial charge in [0.15, 0.2) is 0 Å². The van der Waals surface area contributed by atoms with Gasteiger partial charge in [-0.25, -0.2) is 0 Å². The summed E-state index contributed by atoms with van der Waals surface area (Å²) in [6, 6.07) is 5.13. The molecule has 0 saturated carbocycles. The van der Waals surface area contributed by atoms with Crippen LogP contribution in [0.1, 0.15) is 25.7 Å². The van der Waals surface area contributed by atoms with Crippen LogP contribution in [0.25, 0.3) is 0 Å². The van der Waals surface area contributed by atoms with Crippen molar-refractivity contribution in [3.63, 3.8) is 0 Å². The van der Waals surface area contributed by atoms with Gasteiger partial charge in [-0.3, -0.25) is 4.79 Å². The lowest BCUT2D eigenvalue weighted by Gasteiger charge is -2.25. The lowest BCUT2D eigenvalue weighted by Crippen LogP contribution is -2.32. The molecule has 122 valence electrons. The SMILES string of the molecule is O=C(CCN1CCCCC1)Nc1ccc(OC(F)(F)F)cc1. The first-order valence-corrected chi connectivity index (χ1v) is 7.30. The Kier molecular flexibility index (Phi) is 5.65. The van der Waals surface area contributed by atoms with Gasteiger partial charge in [-0.2, -0.15) is 0 Å². The van der Waals surface area contributed by atoms with Gasteiger partial charge in [-0.15, -0.1) is 13.2 Å². The highest BCUT2D eigenvalue weighted by Crippen LogP contribution is 2.24. The molecule has 1 aromatic rings. The van der Waals surface area contributed by atoms with E-state index in [-0.39, 0.29) is 11.7 Å². The quantitative estimate of drug-likeness (QED) is 0.905. The minimum absolute atomic E-state index is 0.143. The van der Waals surface area contributed by atoms with Gasteiger partial charge in [-0.1, -0.05) is 6.42 Å². The molecule has 0 aromatic heterocycles. The van der Waals surface area contributed by atoms with Crippen LogP contribution < -0.4 is 10.1 Å². The van der Waals surface area contributed by atoms with E-state index >= 15 is 0 Å². The molecule has 2 rings (SSSR count). The fourth-order valence-electron chi connectivity index (χ4n) is 2.41. The number of hydrogen-bond donors (Lipinski definition) is 1. The molecule has 4 nitrogen and oxygen atoms in total. The summed E-state index contributed by atoms with van der Waals surface area (Å²) in [5.41, 5.74) is 0.457. The summed E-state index contributed by atoms with van der Waals surface area (Å²) in [7, 11) is 0. The smallest absolute Gasteiger partial charge is 0.406 e. The first kappa shape index (κ1) is 16.6. The Morgan fingerprint density at radius 2 is 1.77 bits per heavy atom. The van der Waals surface area contributed by atoms with Crippen LogP contribution in [0.3, 0.4) is 0 Å². The maximum Gasteiger partial charge on any atom is 0.573 e. The first-order chi connectivity index (χ1) is 10.4. The Balaban J connectivity index is 1.76. The number of ether oxygens (including phenoxy) is 1. The first-order valence-electron chi connectivity index (χ1n) is 7.30. The van der Waals surface area contributed by atoms with Gasteiger partial charge in [0.1, 0.15) is 5.75 Å². The zero-order chi connectivity index (χ0) is 16.0. The standard InChI is InChI=1S/C15H19F3N2O2/c16-15(17,18)22-13-6-4-12(5-7-13)19-14(21)8-11-20-9-2-1-3-10-20/h4-7H,1-3,8-11H2,(H,19,21). The average molecular weight is 316 g/mol. The second-order valence-corrected chi connectivity index (χ2v) is 5.27. The molecule has 1 aliphatic heterocycles. The summed E-state index contributed by atoms with van der Waals surface area (Å²) in [6.45, 7) is 2.76. The van der Waals surface area contributed by atoms with Gasteiger partial charge >= 0.3 is 6.36 Å². The molecule has 0 aliphatic carbocycles. The van der Waals surface area contributed by atoms with E-state index in [1.165, 1.54) is 43.5 Å². The van der Waals surface area contributed by atoms with Crippen LogP contribution in [0.2, 0.25) is 0 Å². The van der Waals surface area contributed by atoms with E-state index in [0.29, 0.717) is 18.7 Å². The Hall–Kier alpha value is -1.76. The molecule has 0 unspecified atom stereocenters. The number of rotatable bonds is 5. The Bertz CT molecular complexity index is 483. The van der Waals surface area contributed by atoms with Crippen LogP contribution in [0.15, 0.2) is 24.3 Å². The third-order valence-electron chi connectivity index (χ3n) is 3.48. The minimum Gasteiger partial charge on any atom is -0.406 e. The second kappa shape index (κ2) is 7.49. The summed E-state index contributed by atoms with van der Waals surface area (Å²) in [6.07, 6.45) is -0.750. The van der Waals surface area contributed by atoms with Crippen molar-refractivity contribution in [2.75, 3.05) is 25.0 Å². The van der Waals surface area contributed by atoms with E-state index in [0.717, 1.165) is 13.1 Å². The molecular formula is C15H19F3N2O2. The van der Waals surface area contributed by atoms with E-state index < -0.39 is 6.36 Å². The fraction of sp³-hybridized carbons (Fsp3) is 0.533. The molecule has 0 atom stereocenters. The van der Waals surface area contributed by atoms with Crippen molar-refractivity contribution in [2.24, 2.45) is 0 Å². The van der Waals surface area contributed by atoms with E-state index in [2.05, 4.69) is 15.0 Å². The highest BCUT2D eigenvalue weighted by molar-refractivity contribution is 5.90. The number of piperidine rings is 1. The normalized spacial score (nSPS) is 16.3. The van der Waals surface area contributed by atoms with Crippen LogP contribution in [0, 0.1) is 0 Å². The number of nitrogens with zero attached hydrogens (tertiary/aromatic N) is 1. The van der Waals surface area contributed by atoms with Crippen LogP contribution in [-0.2, 0) is 4.79 Å². The minimum atomic E-state index is -4.71. The number of benzene rings is 1. The molecule has 1 aromatic carbocycles. The number of anilines is 1. The van der Waals surface area contributed by atoms with Crippen LogP contribution in [0.5, 0.6) is 5.75 Å². The van der Waals surface area contributed by atoms with Gasteiger partial charge in [0.05, 0.1) is 0 Å². The Morgan fingerprint density at radius 3 is 2.36 bits per heavy atom. The lowest BCUT2D eigenvalue weighted by atomic mass is 10.1. The van der Waals surface area contributed by atoms with Crippen molar-refractivity contribution in [3.8, 4) is 5.75 Å². The van der Waals surface area contributed by atoms with E-state index in [1.807, 2.05) is 0 Å². The maximum atomic E-state index is 12.0. The Labute approximate surface area is 127 Å². The fourth-order valence-corrected chi connectivity index (χ4v) is 2.41. The number of hydrogen-bond acceptors (Lipinski definition) is 3. The highest BCUT2D eigenvalue weighted by Gasteiger charge is 2.30. The monoisotopic (exact) mass is 316 g/mol. The summed E-state index contributed by atoms with van der Waals surface area (Å²) >= 11 is 0. The predicted molar refractivity (Wildman–Crippen MR) is 76.7 cm³/mol. The van der Waals surface area contributed by atoms with Crippen molar-refractivity contribution >= 4 is 11.6 Å². The zero-order valence-electron chi connectivity index (χ0n) is 12.2. The summed E-state index contributed by atoms with van der Waals surface area (Å²) in [4.78, 5) is 14.1. The van der Waals surface area contributed by atoms with E-state index in [4.69, 9.17) is 0 Å². The number of likely N-dealkylation sites (tertiary alicyclic amines) is 1. The van der Waals surface area contributed by atoms with Crippen LogP contribution >= 0.6 is 0 Å². The number of carbonyl (C=O) groups excluding carboxylic acids is 1.